The molecule has 0 saturated heterocycles. The van der Waals surface area contributed by atoms with E-state index >= 15 is 0 Å². The molecule has 1 aliphatic carbocycles. The van der Waals surface area contributed by atoms with Crippen LogP contribution < -0.4 is 5.19 Å². The van der Waals surface area contributed by atoms with Gasteiger partial charge in [-0.15, -0.1) is 0 Å². The molecular weight excluding hydrogens is 276 g/mol. The third-order valence-corrected chi connectivity index (χ3v) is 7.67. The van der Waals surface area contributed by atoms with Gasteiger partial charge in [-0.25, -0.2) is 0 Å². The SMILES string of the molecule is C=C(CSC1CCCCC1)c1ccccc1[Si](C)(C)C. The van der Waals surface area contributed by atoms with Gasteiger partial charge in [-0.1, -0.05) is 74.9 Å². The van der Waals surface area contributed by atoms with Gasteiger partial charge in [-0.05, 0) is 24.0 Å². The first-order chi connectivity index (χ1) is 9.48. The third kappa shape index (κ3) is 4.26. The van der Waals surface area contributed by atoms with Crippen LogP contribution in [0.25, 0.3) is 5.57 Å². The van der Waals surface area contributed by atoms with Gasteiger partial charge in [-0.2, -0.15) is 11.8 Å². The highest BCUT2D eigenvalue weighted by Crippen LogP contribution is 2.31. The molecular formula is C18H28SSi. The third-order valence-electron chi connectivity index (χ3n) is 4.16. The summed E-state index contributed by atoms with van der Waals surface area (Å²) in [6.07, 6.45) is 7.11. The summed E-state index contributed by atoms with van der Waals surface area (Å²) < 4.78 is 0. The summed E-state index contributed by atoms with van der Waals surface area (Å²) in [5.74, 6) is 1.10. The molecule has 1 fully saturated rings. The second kappa shape index (κ2) is 6.99. The van der Waals surface area contributed by atoms with Crippen molar-refractivity contribution in [3.8, 4) is 0 Å². The molecule has 1 aliphatic rings. The molecule has 1 aromatic carbocycles. The lowest BCUT2D eigenvalue weighted by atomic mass is 10.0. The molecule has 0 heterocycles. The smallest absolute Gasteiger partial charge is 0.0783 e. The Morgan fingerprint density at radius 2 is 1.80 bits per heavy atom. The number of benzene rings is 1. The average molecular weight is 305 g/mol. The Bertz CT molecular complexity index is 453. The summed E-state index contributed by atoms with van der Waals surface area (Å²) in [5.41, 5.74) is 2.76. The normalized spacial score (nSPS) is 17.1. The summed E-state index contributed by atoms with van der Waals surface area (Å²) in [6.45, 7) is 11.7. The van der Waals surface area contributed by atoms with Crippen molar-refractivity contribution in [2.24, 2.45) is 0 Å². The van der Waals surface area contributed by atoms with Gasteiger partial charge in [0.05, 0.1) is 8.07 Å². The molecule has 0 atom stereocenters. The molecule has 2 heteroatoms. The molecule has 0 nitrogen and oxygen atoms in total. The second-order valence-corrected chi connectivity index (χ2v) is 13.3. The molecule has 0 N–H and O–H groups in total. The molecule has 0 radical (unpaired) electrons. The monoisotopic (exact) mass is 304 g/mol. The molecule has 0 unspecified atom stereocenters. The highest BCUT2D eigenvalue weighted by atomic mass is 32.2. The first kappa shape index (κ1) is 15.9. The van der Waals surface area contributed by atoms with E-state index in [-0.39, 0.29) is 0 Å². The van der Waals surface area contributed by atoms with Crippen molar-refractivity contribution in [2.45, 2.75) is 57.0 Å². The van der Waals surface area contributed by atoms with Crippen LogP contribution in [-0.4, -0.2) is 19.1 Å². The van der Waals surface area contributed by atoms with Crippen LogP contribution in [0.1, 0.15) is 37.7 Å². The predicted molar refractivity (Wildman–Crippen MR) is 97.8 cm³/mol. The van der Waals surface area contributed by atoms with E-state index in [0.717, 1.165) is 11.0 Å². The van der Waals surface area contributed by atoms with Crippen LogP contribution in [0.5, 0.6) is 0 Å². The Balaban J connectivity index is 2.02. The fraction of sp³-hybridized carbons (Fsp3) is 0.556. The minimum absolute atomic E-state index is 0.875. The Morgan fingerprint density at radius 3 is 2.45 bits per heavy atom. The molecule has 20 heavy (non-hydrogen) atoms. The fourth-order valence-corrected chi connectivity index (χ4v) is 5.90. The van der Waals surface area contributed by atoms with Crippen LogP contribution in [-0.2, 0) is 0 Å². The van der Waals surface area contributed by atoms with Gasteiger partial charge in [0.2, 0.25) is 0 Å². The van der Waals surface area contributed by atoms with Crippen molar-refractivity contribution in [1.82, 2.24) is 0 Å². The highest BCUT2D eigenvalue weighted by Gasteiger charge is 2.21. The first-order valence-electron chi connectivity index (χ1n) is 7.88. The molecule has 1 saturated carbocycles. The van der Waals surface area contributed by atoms with Crippen LogP contribution >= 0.6 is 11.8 Å². The number of rotatable bonds is 5. The quantitative estimate of drug-likeness (QED) is 0.664. The van der Waals surface area contributed by atoms with E-state index in [1.807, 2.05) is 0 Å². The summed E-state index contributed by atoms with van der Waals surface area (Å²) in [5, 5.41) is 2.44. The Kier molecular flexibility index (Phi) is 5.56. The van der Waals surface area contributed by atoms with Crippen molar-refractivity contribution < 1.29 is 0 Å². The fourth-order valence-electron chi connectivity index (χ4n) is 2.97. The van der Waals surface area contributed by atoms with Gasteiger partial charge in [0.15, 0.2) is 0 Å². The van der Waals surface area contributed by atoms with Crippen molar-refractivity contribution in [3.63, 3.8) is 0 Å². The standard InChI is InChI=1S/C18H28SSi/c1-15(14-19-16-10-6-5-7-11-16)17-12-8-9-13-18(17)20(2,3)4/h8-9,12-13,16H,1,5-7,10-11,14H2,2-4H3. The van der Waals surface area contributed by atoms with E-state index in [1.165, 1.54) is 43.2 Å². The van der Waals surface area contributed by atoms with Crippen LogP contribution in [0.2, 0.25) is 19.6 Å². The molecule has 2 rings (SSSR count). The maximum Gasteiger partial charge on any atom is 0.0783 e. The lowest BCUT2D eigenvalue weighted by Crippen LogP contribution is -2.39. The molecule has 1 aromatic rings. The van der Waals surface area contributed by atoms with Crippen molar-refractivity contribution >= 4 is 30.6 Å². The predicted octanol–water partition coefficient (Wildman–Crippen LogP) is 5.31. The number of hydrogen-bond donors (Lipinski definition) is 0. The van der Waals surface area contributed by atoms with E-state index in [0.29, 0.717) is 0 Å². The van der Waals surface area contributed by atoms with E-state index in [4.69, 9.17) is 0 Å². The van der Waals surface area contributed by atoms with E-state index in [1.54, 1.807) is 5.19 Å². The molecule has 0 aliphatic heterocycles. The number of hydrogen-bond acceptors (Lipinski definition) is 1. The lowest BCUT2D eigenvalue weighted by molar-refractivity contribution is 0.516. The zero-order valence-electron chi connectivity index (χ0n) is 13.2. The molecule has 110 valence electrons. The van der Waals surface area contributed by atoms with E-state index in [9.17, 15) is 0 Å². The van der Waals surface area contributed by atoms with Gasteiger partial charge in [0.25, 0.3) is 0 Å². The van der Waals surface area contributed by atoms with Crippen molar-refractivity contribution in [2.75, 3.05) is 5.75 Å². The van der Waals surface area contributed by atoms with Crippen LogP contribution in [0, 0.1) is 0 Å². The molecule has 0 bridgehead atoms. The second-order valence-electron chi connectivity index (χ2n) is 6.97. The minimum Gasteiger partial charge on any atom is -0.154 e. The lowest BCUT2D eigenvalue weighted by Gasteiger charge is -2.24. The average Bonchev–Trinajstić information content (AvgIpc) is 2.45. The molecule has 0 spiro atoms. The zero-order chi connectivity index (χ0) is 14.6. The van der Waals surface area contributed by atoms with Crippen molar-refractivity contribution in [3.05, 3.63) is 36.4 Å². The van der Waals surface area contributed by atoms with Gasteiger partial charge in [-0.3, -0.25) is 0 Å². The maximum absolute atomic E-state index is 4.38. The summed E-state index contributed by atoms with van der Waals surface area (Å²) in [7, 11) is -1.28. The maximum atomic E-state index is 4.38. The van der Waals surface area contributed by atoms with Crippen LogP contribution in [0.15, 0.2) is 30.8 Å². The summed E-state index contributed by atoms with van der Waals surface area (Å²) in [4.78, 5) is 0. The van der Waals surface area contributed by atoms with Gasteiger partial charge in [0, 0.05) is 11.0 Å². The van der Waals surface area contributed by atoms with E-state index < -0.39 is 8.07 Å². The Labute approximate surface area is 130 Å². The topological polar surface area (TPSA) is 0 Å². The van der Waals surface area contributed by atoms with Crippen molar-refractivity contribution in [1.29, 1.82) is 0 Å². The Hall–Kier alpha value is -0.473. The van der Waals surface area contributed by atoms with Gasteiger partial charge in [0.1, 0.15) is 0 Å². The molecule has 0 aromatic heterocycles. The van der Waals surface area contributed by atoms with Crippen LogP contribution in [0.3, 0.4) is 0 Å². The van der Waals surface area contributed by atoms with Gasteiger partial charge < -0.3 is 0 Å². The first-order valence-corrected chi connectivity index (χ1v) is 12.4. The minimum atomic E-state index is -1.28. The largest absolute Gasteiger partial charge is 0.154 e. The summed E-state index contributed by atoms with van der Waals surface area (Å²) >= 11 is 2.14. The molecule has 0 amide bonds. The highest BCUT2D eigenvalue weighted by molar-refractivity contribution is 8.00. The summed E-state index contributed by atoms with van der Waals surface area (Å²) in [6, 6.07) is 8.93. The Morgan fingerprint density at radius 1 is 1.15 bits per heavy atom. The van der Waals surface area contributed by atoms with E-state index in [2.05, 4.69) is 62.2 Å². The van der Waals surface area contributed by atoms with Crippen LogP contribution in [0.4, 0.5) is 0 Å². The van der Waals surface area contributed by atoms with Gasteiger partial charge >= 0.3 is 0 Å². The zero-order valence-corrected chi connectivity index (χ0v) is 15.1. The number of thioether (sulfide) groups is 1.